The van der Waals surface area contributed by atoms with Crippen molar-refractivity contribution >= 4 is 11.6 Å². The Morgan fingerprint density at radius 1 is 1.55 bits per heavy atom. The van der Waals surface area contributed by atoms with E-state index in [9.17, 15) is 4.79 Å². The summed E-state index contributed by atoms with van der Waals surface area (Å²) in [5, 5.41) is 4.43. The van der Waals surface area contributed by atoms with Gasteiger partial charge in [0.2, 0.25) is 0 Å². The first-order valence-electron chi connectivity index (χ1n) is 6.77. The molecule has 6 nitrogen and oxygen atoms in total. The van der Waals surface area contributed by atoms with E-state index < -0.39 is 0 Å². The van der Waals surface area contributed by atoms with Gasteiger partial charge in [0.15, 0.2) is 11.5 Å². The van der Waals surface area contributed by atoms with Crippen molar-refractivity contribution < 1.29 is 14.3 Å². The zero-order chi connectivity index (χ0) is 13.9. The molecule has 1 fully saturated rings. The monoisotopic (exact) mass is 275 g/mol. The Kier molecular flexibility index (Phi) is 3.64. The number of aromatic nitrogens is 3. The number of methoxy groups -OCH3 is 1. The smallest absolute Gasteiger partial charge is 0.339 e. The number of nitrogens with zero attached hydrogens (tertiary/aromatic N) is 3. The van der Waals surface area contributed by atoms with Gasteiger partial charge in [0, 0.05) is 25.8 Å². The molecule has 2 aromatic heterocycles. The molecule has 2 aromatic rings. The largest absolute Gasteiger partial charge is 0.465 e. The average Bonchev–Trinajstić information content (AvgIpc) is 2.88. The van der Waals surface area contributed by atoms with Crippen molar-refractivity contribution in [2.75, 3.05) is 20.3 Å². The van der Waals surface area contributed by atoms with Crippen LogP contribution in [0.2, 0.25) is 0 Å². The minimum atomic E-state index is -0.371. The third kappa shape index (κ3) is 2.65. The number of pyridine rings is 1. The van der Waals surface area contributed by atoms with Crippen molar-refractivity contribution in [1.29, 1.82) is 0 Å². The Morgan fingerprint density at radius 2 is 2.45 bits per heavy atom. The first kappa shape index (κ1) is 13.1. The molecule has 0 radical (unpaired) electrons. The van der Waals surface area contributed by atoms with E-state index in [4.69, 9.17) is 9.47 Å². The zero-order valence-electron chi connectivity index (χ0n) is 11.4. The highest BCUT2D eigenvalue weighted by atomic mass is 16.5. The van der Waals surface area contributed by atoms with Crippen molar-refractivity contribution in [2.45, 2.75) is 19.3 Å². The molecular formula is C14H17N3O3. The minimum Gasteiger partial charge on any atom is -0.465 e. The van der Waals surface area contributed by atoms with Crippen LogP contribution in [0.5, 0.6) is 0 Å². The summed E-state index contributed by atoms with van der Waals surface area (Å²) in [6, 6.07) is 3.48. The lowest BCUT2D eigenvalue weighted by Crippen LogP contribution is -2.19. The van der Waals surface area contributed by atoms with Gasteiger partial charge in [-0.05, 0) is 30.9 Å². The molecule has 0 spiro atoms. The number of hydrogen-bond acceptors (Lipinski definition) is 5. The van der Waals surface area contributed by atoms with Crippen LogP contribution < -0.4 is 0 Å². The molecule has 0 saturated carbocycles. The summed E-state index contributed by atoms with van der Waals surface area (Å²) in [4.78, 5) is 16.0. The molecular weight excluding hydrogens is 258 g/mol. The second-order valence-electron chi connectivity index (χ2n) is 5.03. The maximum atomic E-state index is 11.5. The van der Waals surface area contributed by atoms with Crippen LogP contribution in [0.25, 0.3) is 5.65 Å². The second-order valence-corrected chi connectivity index (χ2v) is 5.03. The van der Waals surface area contributed by atoms with Crippen LogP contribution in [0, 0.1) is 5.92 Å². The Balaban J connectivity index is 1.81. The predicted molar refractivity (Wildman–Crippen MR) is 71.6 cm³/mol. The highest BCUT2D eigenvalue weighted by Crippen LogP contribution is 2.17. The van der Waals surface area contributed by atoms with E-state index in [0.717, 1.165) is 43.9 Å². The molecule has 1 unspecified atom stereocenters. The third-order valence-electron chi connectivity index (χ3n) is 3.52. The number of fused-ring (bicyclic) bond motifs is 1. The van der Waals surface area contributed by atoms with Gasteiger partial charge in [-0.15, -0.1) is 0 Å². The molecule has 106 valence electrons. The molecule has 20 heavy (non-hydrogen) atoms. The van der Waals surface area contributed by atoms with Crippen LogP contribution in [0.4, 0.5) is 0 Å². The SMILES string of the molecule is COC(=O)c1ccc2nc(CC3CCCOC3)nn2c1. The van der Waals surface area contributed by atoms with Crippen molar-refractivity contribution in [1.82, 2.24) is 14.6 Å². The van der Waals surface area contributed by atoms with Crippen LogP contribution in [-0.4, -0.2) is 40.9 Å². The van der Waals surface area contributed by atoms with Gasteiger partial charge < -0.3 is 9.47 Å². The first-order valence-corrected chi connectivity index (χ1v) is 6.77. The number of hydrogen-bond donors (Lipinski definition) is 0. The highest BCUT2D eigenvalue weighted by Gasteiger charge is 2.17. The average molecular weight is 275 g/mol. The quantitative estimate of drug-likeness (QED) is 0.794. The van der Waals surface area contributed by atoms with Crippen molar-refractivity contribution in [3.05, 3.63) is 29.7 Å². The van der Waals surface area contributed by atoms with E-state index in [0.29, 0.717) is 11.5 Å². The maximum absolute atomic E-state index is 11.5. The van der Waals surface area contributed by atoms with Crippen molar-refractivity contribution in [3.63, 3.8) is 0 Å². The predicted octanol–water partition coefficient (Wildman–Crippen LogP) is 1.49. The molecule has 1 aliphatic heterocycles. The number of ether oxygens (including phenoxy) is 2. The molecule has 1 aliphatic rings. The summed E-state index contributed by atoms with van der Waals surface area (Å²) >= 11 is 0. The molecule has 0 aliphatic carbocycles. The Bertz CT molecular complexity index is 617. The minimum absolute atomic E-state index is 0.371. The van der Waals surface area contributed by atoms with E-state index in [-0.39, 0.29) is 5.97 Å². The highest BCUT2D eigenvalue weighted by molar-refractivity contribution is 5.89. The van der Waals surface area contributed by atoms with Gasteiger partial charge in [0.1, 0.15) is 0 Å². The second kappa shape index (κ2) is 5.58. The topological polar surface area (TPSA) is 65.7 Å². The van der Waals surface area contributed by atoms with Gasteiger partial charge in [-0.1, -0.05) is 0 Å². The molecule has 3 rings (SSSR count). The fourth-order valence-electron chi connectivity index (χ4n) is 2.48. The maximum Gasteiger partial charge on any atom is 0.339 e. The summed E-state index contributed by atoms with van der Waals surface area (Å²) in [6.45, 7) is 1.64. The molecule has 1 saturated heterocycles. The van der Waals surface area contributed by atoms with Gasteiger partial charge in [0.05, 0.1) is 12.7 Å². The molecule has 0 amide bonds. The summed E-state index contributed by atoms with van der Waals surface area (Å²) in [7, 11) is 1.36. The fourth-order valence-corrected chi connectivity index (χ4v) is 2.48. The van der Waals surface area contributed by atoms with E-state index in [1.54, 1.807) is 22.8 Å². The molecule has 0 aromatic carbocycles. The Morgan fingerprint density at radius 3 is 3.20 bits per heavy atom. The number of esters is 1. The number of carbonyl (C=O) groups excluding carboxylic acids is 1. The summed E-state index contributed by atoms with van der Waals surface area (Å²) in [5.41, 5.74) is 1.21. The fraction of sp³-hybridized carbons (Fsp3) is 0.500. The van der Waals surface area contributed by atoms with Gasteiger partial charge >= 0.3 is 5.97 Å². The molecule has 0 bridgehead atoms. The van der Waals surface area contributed by atoms with E-state index in [1.165, 1.54) is 7.11 Å². The first-order chi connectivity index (χ1) is 9.76. The van der Waals surface area contributed by atoms with Crippen LogP contribution in [0.3, 0.4) is 0 Å². The summed E-state index contributed by atoms with van der Waals surface area (Å²) in [5.74, 6) is 0.911. The summed E-state index contributed by atoms with van der Waals surface area (Å²) < 4.78 is 11.8. The zero-order valence-corrected chi connectivity index (χ0v) is 11.4. The summed E-state index contributed by atoms with van der Waals surface area (Å²) in [6.07, 6.45) is 4.72. The molecule has 0 N–H and O–H groups in total. The van der Waals surface area contributed by atoms with E-state index >= 15 is 0 Å². The Hall–Kier alpha value is -1.95. The van der Waals surface area contributed by atoms with Crippen LogP contribution in [-0.2, 0) is 15.9 Å². The molecule has 3 heterocycles. The van der Waals surface area contributed by atoms with Gasteiger partial charge in [0.25, 0.3) is 0 Å². The van der Waals surface area contributed by atoms with E-state index in [2.05, 4.69) is 10.1 Å². The van der Waals surface area contributed by atoms with Crippen molar-refractivity contribution in [3.8, 4) is 0 Å². The number of carbonyl (C=O) groups is 1. The van der Waals surface area contributed by atoms with Gasteiger partial charge in [-0.2, -0.15) is 5.10 Å². The van der Waals surface area contributed by atoms with Crippen molar-refractivity contribution in [2.24, 2.45) is 5.92 Å². The number of rotatable bonds is 3. The molecule has 6 heteroatoms. The third-order valence-corrected chi connectivity index (χ3v) is 3.52. The lowest BCUT2D eigenvalue weighted by Gasteiger charge is -2.20. The Labute approximate surface area is 116 Å². The van der Waals surface area contributed by atoms with Crippen LogP contribution in [0.1, 0.15) is 29.0 Å². The van der Waals surface area contributed by atoms with E-state index in [1.807, 2.05) is 0 Å². The molecule has 1 atom stereocenters. The normalized spacial score (nSPS) is 19.1. The lowest BCUT2D eigenvalue weighted by molar-refractivity contribution is 0.0543. The van der Waals surface area contributed by atoms with Gasteiger partial charge in [-0.25, -0.2) is 14.3 Å². The standard InChI is InChI=1S/C14H17N3O3/c1-19-14(18)11-4-5-13-15-12(16-17(13)8-11)7-10-3-2-6-20-9-10/h4-5,8,10H,2-3,6-7,9H2,1H3. The van der Waals surface area contributed by atoms with Crippen LogP contribution in [0.15, 0.2) is 18.3 Å². The van der Waals surface area contributed by atoms with Gasteiger partial charge in [-0.3, -0.25) is 0 Å². The van der Waals surface area contributed by atoms with Crippen LogP contribution >= 0.6 is 0 Å². The lowest BCUT2D eigenvalue weighted by atomic mass is 9.98.